The summed E-state index contributed by atoms with van der Waals surface area (Å²) in [5.41, 5.74) is 1.16. The van der Waals surface area contributed by atoms with E-state index in [4.69, 9.17) is 0 Å². The van der Waals surface area contributed by atoms with E-state index >= 15 is 0 Å². The van der Waals surface area contributed by atoms with Crippen molar-refractivity contribution in [1.29, 1.82) is 0 Å². The van der Waals surface area contributed by atoms with Gasteiger partial charge in [0.15, 0.2) is 0 Å². The minimum atomic E-state index is 0.573. The first-order valence-corrected chi connectivity index (χ1v) is 6.96. The number of hydrogen-bond acceptors (Lipinski definition) is 4. The van der Waals surface area contributed by atoms with E-state index in [0.29, 0.717) is 6.04 Å². The molecule has 0 saturated carbocycles. The highest BCUT2D eigenvalue weighted by atomic mass is 15.3. The van der Waals surface area contributed by atoms with Crippen LogP contribution in [0.4, 0.5) is 11.8 Å². The first-order chi connectivity index (χ1) is 8.61. The molecule has 0 aliphatic carbocycles. The van der Waals surface area contributed by atoms with E-state index < -0.39 is 0 Å². The number of piperidine rings is 1. The van der Waals surface area contributed by atoms with Crippen LogP contribution >= 0.6 is 0 Å². The minimum Gasteiger partial charge on any atom is -0.354 e. The fourth-order valence-electron chi connectivity index (χ4n) is 2.55. The van der Waals surface area contributed by atoms with Gasteiger partial charge < -0.3 is 10.2 Å². The van der Waals surface area contributed by atoms with Crippen LogP contribution in [0.3, 0.4) is 0 Å². The number of anilines is 2. The molecule has 1 aliphatic rings. The molecular weight excluding hydrogens is 224 g/mol. The van der Waals surface area contributed by atoms with Crippen LogP contribution in [-0.2, 0) is 0 Å². The highest BCUT2D eigenvalue weighted by Gasteiger charge is 2.25. The Hall–Kier alpha value is -1.32. The molecule has 0 bridgehead atoms. The summed E-state index contributed by atoms with van der Waals surface area (Å²) in [6.45, 7) is 10.7. The lowest BCUT2D eigenvalue weighted by molar-refractivity contribution is 0.387. The van der Waals surface area contributed by atoms with Crippen molar-refractivity contribution < 1.29 is 0 Å². The van der Waals surface area contributed by atoms with Crippen molar-refractivity contribution in [3.8, 4) is 0 Å². The van der Waals surface area contributed by atoms with Crippen molar-refractivity contribution in [2.75, 3.05) is 23.3 Å². The molecule has 4 heteroatoms. The van der Waals surface area contributed by atoms with Gasteiger partial charge in [-0.05, 0) is 39.5 Å². The minimum absolute atomic E-state index is 0.573. The van der Waals surface area contributed by atoms with E-state index in [0.717, 1.165) is 36.3 Å². The quantitative estimate of drug-likeness (QED) is 0.893. The zero-order chi connectivity index (χ0) is 13.1. The summed E-state index contributed by atoms with van der Waals surface area (Å²) < 4.78 is 0. The highest BCUT2D eigenvalue weighted by Crippen LogP contribution is 2.28. The van der Waals surface area contributed by atoms with Gasteiger partial charge in [-0.2, -0.15) is 4.98 Å². The van der Waals surface area contributed by atoms with Gasteiger partial charge in [-0.15, -0.1) is 0 Å². The Kier molecular flexibility index (Phi) is 4.04. The molecule has 1 saturated heterocycles. The van der Waals surface area contributed by atoms with E-state index in [1.807, 2.05) is 6.20 Å². The van der Waals surface area contributed by atoms with Crippen LogP contribution in [-0.4, -0.2) is 29.1 Å². The molecule has 4 nitrogen and oxygen atoms in total. The molecular formula is C14H24N4. The Labute approximate surface area is 110 Å². The van der Waals surface area contributed by atoms with Crippen molar-refractivity contribution in [1.82, 2.24) is 9.97 Å². The molecule has 0 amide bonds. The van der Waals surface area contributed by atoms with E-state index in [-0.39, 0.29) is 0 Å². The summed E-state index contributed by atoms with van der Waals surface area (Å²) >= 11 is 0. The smallest absolute Gasteiger partial charge is 0.224 e. The summed E-state index contributed by atoms with van der Waals surface area (Å²) in [5.74, 6) is 2.58. The third kappa shape index (κ3) is 2.74. The van der Waals surface area contributed by atoms with Crippen molar-refractivity contribution >= 4 is 11.8 Å². The number of aromatic nitrogens is 2. The van der Waals surface area contributed by atoms with Gasteiger partial charge in [0.1, 0.15) is 5.82 Å². The van der Waals surface area contributed by atoms with Crippen LogP contribution in [0.1, 0.15) is 39.2 Å². The summed E-state index contributed by atoms with van der Waals surface area (Å²) in [6, 6.07) is 0.573. The molecule has 1 aliphatic heterocycles. The average Bonchev–Trinajstić information content (AvgIpc) is 2.35. The Balaban J connectivity index is 2.27. The normalized spacial score (nSPS) is 24.1. The third-order valence-electron chi connectivity index (χ3n) is 3.67. The molecule has 2 heterocycles. The molecule has 2 rings (SSSR count). The fraction of sp³-hybridized carbons (Fsp3) is 0.714. The van der Waals surface area contributed by atoms with Crippen LogP contribution in [0.2, 0.25) is 0 Å². The number of nitrogens with zero attached hydrogens (tertiary/aromatic N) is 3. The number of aryl methyl sites for hydroxylation is 1. The lowest BCUT2D eigenvalue weighted by atomic mass is 9.95. The summed E-state index contributed by atoms with van der Waals surface area (Å²) in [4.78, 5) is 11.4. The Morgan fingerprint density at radius 3 is 2.89 bits per heavy atom. The Bertz CT molecular complexity index is 405. The van der Waals surface area contributed by atoms with Gasteiger partial charge in [-0.25, -0.2) is 4.98 Å². The van der Waals surface area contributed by atoms with Crippen molar-refractivity contribution in [2.45, 2.75) is 46.6 Å². The van der Waals surface area contributed by atoms with Crippen LogP contribution in [0.15, 0.2) is 6.20 Å². The number of hydrogen-bond donors (Lipinski definition) is 1. The van der Waals surface area contributed by atoms with Gasteiger partial charge in [0.2, 0.25) is 5.95 Å². The molecule has 0 radical (unpaired) electrons. The molecule has 0 aromatic carbocycles. The number of rotatable bonds is 3. The average molecular weight is 248 g/mol. The maximum atomic E-state index is 4.67. The second-order valence-electron chi connectivity index (χ2n) is 5.41. The van der Waals surface area contributed by atoms with Gasteiger partial charge >= 0.3 is 0 Å². The Morgan fingerprint density at radius 1 is 1.39 bits per heavy atom. The topological polar surface area (TPSA) is 41.1 Å². The molecule has 1 aromatic rings. The van der Waals surface area contributed by atoms with Gasteiger partial charge in [0.25, 0.3) is 0 Å². The summed E-state index contributed by atoms with van der Waals surface area (Å²) in [5, 5.41) is 3.19. The highest BCUT2D eigenvalue weighted by molar-refractivity contribution is 5.50. The molecule has 1 aromatic heterocycles. The molecule has 1 fully saturated rings. The van der Waals surface area contributed by atoms with Gasteiger partial charge in [0.05, 0.1) is 0 Å². The van der Waals surface area contributed by atoms with Gasteiger partial charge in [-0.1, -0.05) is 6.92 Å². The predicted molar refractivity (Wildman–Crippen MR) is 76.1 cm³/mol. The van der Waals surface area contributed by atoms with Crippen LogP contribution in [0, 0.1) is 12.8 Å². The van der Waals surface area contributed by atoms with Crippen LogP contribution in [0.25, 0.3) is 0 Å². The maximum Gasteiger partial charge on any atom is 0.224 e. The van der Waals surface area contributed by atoms with Crippen molar-refractivity contribution in [2.24, 2.45) is 5.92 Å². The van der Waals surface area contributed by atoms with Gasteiger partial charge in [0, 0.05) is 30.9 Å². The van der Waals surface area contributed by atoms with Crippen LogP contribution in [0.5, 0.6) is 0 Å². The molecule has 0 spiro atoms. The van der Waals surface area contributed by atoms with Gasteiger partial charge in [-0.3, -0.25) is 0 Å². The maximum absolute atomic E-state index is 4.67. The van der Waals surface area contributed by atoms with E-state index in [9.17, 15) is 0 Å². The first-order valence-electron chi connectivity index (χ1n) is 6.96. The van der Waals surface area contributed by atoms with E-state index in [1.165, 1.54) is 12.8 Å². The summed E-state index contributed by atoms with van der Waals surface area (Å²) in [6.07, 6.45) is 4.50. The first kappa shape index (κ1) is 13.1. The lowest BCUT2D eigenvalue weighted by Crippen LogP contribution is -2.42. The van der Waals surface area contributed by atoms with E-state index in [1.54, 1.807) is 0 Å². The van der Waals surface area contributed by atoms with Crippen molar-refractivity contribution in [3.05, 3.63) is 11.8 Å². The largest absolute Gasteiger partial charge is 0.354 e. The molecule has 2 atom stereocenters. The van der Waals surface area contributed by atoms with Crippen molar-refractivity contribution in [3.63, 3.8) is 0 Å². The van der Waals surface area contributed by atoms with E-state index in [2.05, 4.69) is 47.9 Å². The fourth-order valence-corrected chi connectivity index (χ4v) is 2.55. The standard InChI is InChI=1S/C14H24N4/c1-5-15-14-16-8-11(3)13(17-14)18-9-10(2)6-7-12(18)4/h8,10,12H,5-7,9H2,1-4H3,(H,15,16,17). The summed E-state index contributed by atoms with van der Waals surface area (Å²) in [7, 11) is 0. The zero-order valence-electron chi connectivity index (χ0n) is 11.9. The lowest BCUT2D eigenvalue weighted by Gasteiger charge is -2.38. The molecule has 2 unspecified atom stereocenters. The molecule has 1 N–H and O–H groups in total. The van der Waals surface area contributed by atoms with Crippen LogP contribution < -0.4 is 10.2 Å². The second-order valence-corrected chi connectivity index (χ2v) is 5.41. The number of nitrogens with one attached hydrogen (secondary N) is 1. The monoisotopic (exact) mass is 248 g/mol. The Morgan fingerprint density at radius 2 is 2.17 bits per heavy atom. The molecule has 100 valence electrons. The second kappa shape index (κ2) is 5.55. The third-order valence-corrected chi connectivity index (χ3v) is 3.67. The molecule has 18 heavy (non-hydrogen) atoms. The SMILES string of the molecule is CCNc1ncc(C)c(N2CC(C)CCC2C)n1. The zero-order valence-corrected chi connectivity index (χ0v) is 11.9. The predicted octanol–water partition coefficient (Wildman–Crippen LogP) is 2.84.